The molecule has 3 aliphatic heterocycles. The molecule has 8 rings (SSSR count). The second-order valence-electron chi connectivity index (χ2n) is 18.5. The van der Waals surface area contributed by atoms with Crippen molar-refractivity contribution in [1.29, 1.82) is 0 Å². The summed E-state index contributed by atoms with van der Waals surface area (Å²) >= 11 is 4.41. The first-order valence-corrected chi connectivity index (χ1v) is 24.4. The fraction of sp³-hybridized carbons (Fsp3) is 0.333. The monoisotopic (exact) mass is 1010 g/mol. The van der Waals surface area contributed by atoms with Gasteiger partial charge in [0.1, 0.15) is 13.2 Å². The third-order valence-electron chi connectivity index (χ3n) is 12.7. The fourth-order valence-electron chi connectivity index (χ4n) is 9.02. The van der Waals surface area contributed by atoms with Crippen LogP contribution in [-0.2, 0) is 45.2 Å². The average molecular weight is 1010 g/mol. The highest BCUT2D eigenvalue weighted by molar-refractivity contribution is 7.81. The van der Waals surface area contributed by atoms with Crippen molar-refractivity contribution in [2.75, 3.05) is 79.7 Å². The van der Waals surface area contributed by atoms with Gasteiger partial charge in [-0.15, -0.1) is 0 Å². The van der Waals surface area contributed by atoms with Gasteiger partial charge in [0.25, 0.3) is 11.8 Å². The smallest absolute Gasteiger partial charge is 0.260 e. The summed E-state index contributed by atoms with van der Waals surface area (Å²) in [6, 6.07) is 27.8. The van der Waals surface area contributed by atoms with Crippen molar-refractivity contribution in [3.8, 4) is 23.0 Å². The lowest BCUT2D eigenvalue weighted by Crippen LogP contribution is -2.43. The predicted octanol–water partition coefficient (Wildman–Crippen LogP) is 5.88. The highest BCUT2D eigenvalue weighted by Crippen LogP contribution is 2.41. The van der Waals surface area contributed by atoms with E-state index in [1.165, 1.54) is 14.2 Å². The molecule has 3 heterocycles. The third kappa shape index (κ3) is 12.4. The molecule has 5 aromatic rings. The SMILES string of the molecule is CNc1cc(OCc2cc(COc3cc4c(cc3OC)C(=O)N3c5ccccc5C[C@H]3CN4)cc(NC(=O)CNC(=O)CNC(=O)CNC(=O)CCC(C)(C)S)c2)c(OC)cc1C(=O)N1CCc2ccccc21. The van der Waals surface area contributed by atoms with E-state index in [1.54, 1.807) is 48.3 Å². The van der Waals surface area contributed by atoms with Gasteiger partial charge in [0.15, 0.2) is 23.0 Å². The second kappa shape index (κ2) is 22.7. The molecule has 0 aromatic heterocycles. The molecule has 0 aliphatic carbocycles. The Balaban J connectivity index is 0.972. The lowest BCUT2D eigenvalue weighted by atomic mass is 10.1. The van der Waals surface area contributed by atoms with E-state index in [0.717, 1.165) is 35.3 Å². The summed E-state index contributed by atoms with van der Waals surface area (Å²) < 4.78 is 24.0. The van der Waals surface area contributed by atoms with Crippen LogP contribution in [0.15, 0.2) is 91.0 Å². The average Bonchev–Trinajstić information content (AvgIpc) is 3.96. The van der Waals surface area contributed by atoms with E-state index in [4.69, 9.17) is 18.9 Å². The Hall–Kier alpha value is -7.93. The van der Waals surface area contributed by atoms with E-state index in [-0.39, 0.29) is 54.7 Å². The molecule has 5 aromatic carbocycles. The maximum absolute atomic E-state index is 14.1. The van der Waals surface area contributed by atoms with Crippen LogP contribution in [0.1, 0.15) is 69.7 Å². The molecule has 6 amide bonds. The van der Waals surface area contributed by atoms with Gasteiger partial charge in [-0.1, -0.05) is 50.2 Å². The van der Waals surface area contributed by atoms with Crippen molar-refractivity contribution in [2.24, 2.45) is 0 Å². The molecule has 3 aliphatic rings. The molecule has 1 atom stereocenters. The van der Waals surface area contributed by atoms with Gasteiger partial charge >= 0.3 is 0 Å². The number of fused-ring (bicyclic) bond motifs is 5. The van der Waals surface area contributed by atoms with E-state index in [1.807, 2.05) is 73.3 Å². The third-order valence-corrected chi connectivity index (χ3v) is 12.9. The first-order valence-electron chi connectivity index (χ1n) is 24.0. The second-order valence-corrected chi connectivity index (χ2v) is 19.7. The quantitative estimate of drug-likeness (QED) is 0.0455. The minimum atomic E-state index is -0.619. The first kappa shape index (κ1) is 51.4. The highest BCUT2D eigenvalue weighted by atomic mass is 32.1. The van der Waals surface area contributed by atoms with E-state index < -0.39 is 30.8 Å². The Kier molecular flexibility index (Phi) is 16.0. The van der Waals surface area contributed by atoms with Crippen molar-refractivity contribution in [2.45, 2.75) is 63.5 Å². The number of anilines is 5. The molecule has 0 radical (unpaired) electrons. The first-order chi connectivity index (χ1) is 35.1. The summed E-state index contributed by atoms with van der Waals surface area (Å²) in [4.78, 5) is 82.1. The van der Waals surface area contributed by atoms with Gasteiger partial charge in [-0.05, 0) is 84.0 Å². The Morgan fingerprint density at radius 2 is 1.33 bits per heavy atom. The van der Waals surface area contributed by atoms with Crippen LogP contribution >= 0.6 is 12.6 Å². The van der Waals surface area contributed by atoms with Crippen molar-refractivity contribution in [1.82, 2.24) is 16.0 Å². The summed E-state index contributed by atoms with van der Waals surface area (Å²) in [5, 5.41) is 16.9. The largest absolute Gasteiger partial charge is 0.493 e. The van der Waals surface area contributed by atoms with Crippen LogP contribution in [-0.4, -0.2) is 100 Å². The summed E-state index contributed by atoms with van der Waals surface area (Å²) in [6.45, 7) is 3.69. The number of nitrogens with zero attached hydrogens (tertiary/aromatic N) is 2. The number of para-hydroxylation sites is 2. The van der Waals surface area contributed by atoms with Crippen LogP contribution in [0.4, 0.5) is 28.4 Å². The lowest BCUT2D eigenvalue weighted by Gasteiger charge is -2.22. The number of methoxy groups -OCH3 is 2. The molecule has 18 nitrogen and oxygen atoms in total. The van der Waals surface area contributed by atoms with E-state index in [2.05, 4.69) is 44.5 Å². The van der Waals surface area contributed by atoms with Crippen LogP contribution in [0.5, 0.6) is 23.0 Å². The predicted molar refractivity (Wildman–Crippen MR) is 282 cm³/mol. The number of carbonyl (C=O) groups is 6. The number of thiol groups is 1. The Labute approximate surface area is 429 Å². The van der Waals surface area contributed by atoms with Gasteiger partial charge in [0.05, 0.1) is 62.4 Å². The molecule has 19 heteroatoms. The molecule has 382 valence electrons. The van der Waals surface area contributed by atoms with Crippen molar-refractivity contribution >= 4 is 76.5 Å². The molecular weight excluding hydrogens is 953 g/mol. The Morgan fingerprint density at radius 1 is 0.726 bits per heavy atom. The number of ether oxygens (including phenoxy) is 4. The summed E-state index contributed by atoms with van der Waals surface area (Å²) in [5.74, 6) is -0.966. The minimum Gasteiger partial charge on any atom is -0.493 e. The van der Waals surface area contributed by atoms with Gasteiger partial charge in [-0.25, -0.2) is 0 Å². The maximum atomic E-state index is 14.1. The van der Waals surface area contributed by atoms with Crippen LogP contribution in [0.25, 0.3) is 0 Å². The zero-order valence-electron chi connectivity index (χ0n) is 41.4. The number of carbonyl (C=O) groups excluding carboxylic acids is 6. The van der Waals surface area contributed by atoms with Gasteiger partial charge in [-0.3, -0.25) is 28.8 Å². The standard InChI is InChI=1S/C54H60N8O10S/c1-54(2,73)16-14-48(63)57-27-49(64)58-28-50(65)59-29-51(66)60-36-19-32(30-71-46-24-40(55-3)38(22-44(46)69-4)52(67)61-17-15-34-10-6-8-12-42(34)61)18-33(20-36)31-72-47-25-41-39(23-45(47)70-5)53(68)62-37(26-56-41)21-35-11-7-9-13-43(35)62/h6-13,18-20,22-25,37,55-56,73H,14-17,21,26-31H2,1-5H3,(H,57,63)(H,58,64)(H,59,65)(H,60,66)/t37-/m0/s1. The van der Waals surface area contributed by atoms with Gasteiger partial charge in [0, 0.05) is 60.5 Å². The van der Waals surface area contributed by atoms with Crippen LogP contribution < -0.4 is 60.6 Å². The van der Waals surface area contributed by atoms with E-state index in [9.17, 15) is 28.8 Å². The number of amides is 6. The number of benzene rings is 5. The molecule has 0 spiro atoms. The zero-order chi connectivity index (χ0) is 51.8. The van der Waals surface area contributed by atoms with Crippen molar-refractivity contribution in [3.05, 3.63) is 124 Å². The number of hydrogen-bond acceptors (Lipinski definition) is 13. The summed E-state index contributed by atoms with van der Waals surface area (Å²) in [7, 11) is 4.73. The topological polar surface area (TPSA) is 218 Å². The normalized spacial score (nSPS) is 14.3. The molecule has 0 saturated heterocycles. The van der Waals surface area contributed by atoms with Gasteiger partial charge in [-0.2, -0.15) is 12.6 Å². The van der Waals surface area contributed by atoms with Crippen molar-refractivity contribution in [3.63, 3.8) is 0 Å². The summed E-state index contributed by atoms with van der Waals surface area (Å²) in [5.41, 5.74) is 7.59. The van der Waals surface area contributed by atoms with Crippen molar-refractivity contribution < 1.29 is 47.7 Å². The molecule has 73 heavy (non-hydrogen) atoms. The van der Waals surface area contributed by atoms with Crippen LogP contribution in [0.3, 0.4) is 0 Å². The van der Waals surface area contributed by atoms with E-state index >= 15 is 0 Å². The fourth-order valence-corrected chi connectivity index (χ4v) is 9.13. The van der Waals surface area contributed by atoms with Gasteiger partial charge in [0.2, 0.25) is 23.6 Å². The number of rotatable bonds is 20. The van der Waals surface area contributed by atoms with Crippen LogP contribution in [0, 0.1) is 0 Å². The zero-order valence-corrected chi connectivity index (χ0v) is 42.3. The summed E-state index contributed by atoms with van der Waals surface area (Å²) in [6.07, 6.45) is 2.20. The molecule has 0 fully saturated rings. The molecule has 0 saturated carbocycles. The Morgan fingerprint density at radius 3 is 1.99 bits per heavy atom. The lowest BCUT2D eigenvalue weighted by molar-refractivity contribution is -0.128. The molecule has 0 unspecified atom stereocenters. The highest BCUT2D eigenvalue weighted by Gasteiger charge is 2.38. The molecular formula is C54H60N8O10S. The van der Waals surface area contributed by atoms with E-state index in [0.29, 0.717) is 81.8 Å². The minimum absolute atomic E-state index is 0.00431. The number of hydrogen-bond donors (Lipinski definition) is 7. The molecule has 6 N–H and O–H groups in total. The maximum Gasteiger partial charge on any atom is 0.260 e. The number of nitrogens with one attached hydrogen (secondary N) is 6. The van der Waals surface area contributed by atoms with Gasteiger partial charge < -0.3 is 60.6 Å². The molecule has 0 bridgehead atoms. The Bertz CT molecular complexity index is 2940. The van der Waals surface area contributed by atoms with Crippen LogP contribution in [0.2, 0.25) is 0 Å².